The molecule has 1 N–H and O–H groups in total. The van der Waals surface area contributed by atoms with Crippen molar-refractivity contribution in [2.45, 2.75) is 55.8 Å². The summed E-state index contributed by atoms with van der Waals surface area (Å²) in [6, 6.07) is 16.1. The highest BCUT2D eigenvalue weighted by Gasteiger charge is 2.33. The minimum absolute atomic E-state index is 0.0120. The SMILES string of the molecule is COc1ccc(C(NC(=O)CSc2nnc(-c3ccccc3Cl)n2C2CCCC2)C2CC2)cc1. The molecule has 34 heavy (non-hydrogen) atoms. The molecule has 2 aromatic carbocycles. The molecule has 3 aromatic rings. The summed E-state index contributed by atoms with van der Waals surface area (Å²) >= 11 is 7.94. The number of nitrogens with one attached hydrogen (secondary N) is 1. The van der Waals surface area contributed by atoms with E-state index in [1.165, 1.54) is 24.6 Å². The second-order valence-electron chi connectivity index (χ2n) is 9.04. The number of rotatable bonds is 9. The number of amides is 1. The third kappa shape index (κ3) is 5.10. The zero-order valence-electron chi connectivity index (χ0n) is 19.2. The highest BCUT2D eigenvalue weighted by atomic mass is 35.5. The topological polar surface area (TPSA) is 69.0 Å². The number of halogens is 1. The zero-order valence-corrected chi connectivity index (χ0v) is 20.8. The number of nitrogens with zero attached hydrogens (tertiary/aromatic N) is 3. The third-order valence-corrected chi connectivity index (χ3v) is 7.96. The molecule has 1 heterocycles. The molecule has 1 aromatic heterocycles. The molecule has 2 saturated carbocycles. The highest BCUT2D eigenvalue weighted by molar-refractivity contribution is 7.99. The van der Waals surface area contributed by atoms with Crippen molar-refractivity contribution in [2.24, 2.45) is 5.92 Å². The van der Waals surface area contributed by atoms with Crippen LogP contribution < -0.4 is 10.1 Å². The molecule has 0 bridgehead atoms. The number of ether oxygens (including phenoxy) is 1. The Balaban J connectivity index is 1.31. The quantitative estimate of drug-likeness (QED) is 0.363. The Morgan fingerprint density at radius 2 is 1.85 bits per heavy atom. The molecule has 1 unspecified atom stereocenters. The van der Waals surface area contributed by atoms with Gasteiger partial charge >= 0.3 is 0 Å². The number of methoxy groups -OCH3 is 1. The summed E-state index contributed by atoms with van der Waals surface area (Å²) in [6.07, 6.45) is 6.86. The Hall–Kier alpha value is -2.51. The van der Waals surface area contributed by atoms with Gasteiger partial charge in [0.05, 0.1) is 23.9 Å². The minimum Gasteiger partial charge on any atom is -0.497 e. The van der Waals surface area contributed by atoms with Crippen LogP contribution in [0.1, 0.15) is 56.2 Å². The van der Waals surface area contributed by atoms with E-state index in [1.807, 2.05) is 48.5 Å². The molecule has 5 rings (SSSR count). The first kappa shape index (κ1) is 23.2. The molecule has 0 radical (unpaired) electrons. The Kier molecular flexibility index (Phi) is 7.11. The van der Waals surface area contributed by atoms with Crippen LogP contribution in [0, 0.1) is 5.92 Å². The van der Waals surface area contributed by atoms with E-state index in [2.05, 4.69) is 20.1 Å². The Bertz CT molecular complexity index is 1140. The van der Waals surface area contributed by atoms with Gasteiger partial charge in [0.15, 0.2) is 11.0 Å². The van der Waals surface area contributed by atoms with E-state index < -0.39 is 0 Å². The summed E-state index contributed by atoms with van der Waals surface area (Å²) in [7, 11) is 1.66. The van der Waals surface area contributed by atoms with Crippen LogP contribution in [0.3, 0.4) is 0 Å². The highest BCUT2D eigenvalue weighted by Crippen LogP contribution is 2.42. The predicted octanol–water partition coefficient (Wildman–Crippen LogP) is 6.08. The van der Waals surface area contributed by atoms with Crippen LogP contribution in [0.2, 0.25) is 5.02 Å². The van der Waals surface area contributed by atoms with Crippen molar-refractivity contribution < 1.29 is 9.53 Å². The van der Waals surface area contributed by atoms with Crippen LogP contribution in [0.5, 0.6) is 5.75 Å². The molecule has 2 fully saturated rings. The van der Waals surface area contributed by atoms with Crippen LogP contribution in [0.4, 0.5) is 0 Å². The first-order valence-electron chi connectivity index (χ1n) is 11.9. The lowest BCUT2D eigenvalue weighted by molar-refractivity contribution is -0.119. The predicted molar refractivity (Wildman–Crippen MR) is 135 cm³/mol. The molecule has 0 aliphatic heterocycles. The summed E-state index contributed by atoms with van der Waals surface area (Å²) in [4.78, 5) is 13.0. The lowest BCUT2D eigenvalue weighted by Crippen LogP contribution is -2.31. The van der Waals surface area contributed by atoms with Crippen molar-refractivity contribution in [2.75, 3.05) is 12.9 Å². The molecule has 1 atom stereocenters. The number of carbonyl (C=O) groups excluding carboxylic acids is 1. The second kappa shape index (κ2) is 10.4. The molecule has 2 aliphatic rings. The number of aromatic nitrogens is 3. The average molecular weight is 497 g/mol. The van der Waals surface area contributed by atoms with Gasteiger partial charge in [-0.05, 0) is 61.4 Å². The number of hydrogen-bond donors (Lipinski definition) is 1. The van der Waals surface area contributed by atoms with Crippen molar-refractivity contribution >= 4 is 29.3 Å². The van der Waals surface area contributed by atoms with Crippen molar-refractivity contribution in [1.82, 2.24) is 20.1 Å². The fraction of sp³-hybridized carbons (Fsp3) is 0.423. The molecule has 0 spiro atoms. The van der Waals surface area contributed by atoms with E-state index in [0.29, 0.717) is 22.7 Å². The van der Waals surface area contributed by atoms with Crippen molar-refractivity contribution in [1.29, 1.82) is 0 Å². The van der Waals surface area contributed by atoms with Gasteiger partial charge in [-0.2, -0.15) is 0 Å². The van der Waals surface area contributed by atoms with Gasteiger partial charge in [0, 0.05) is 11.6 Å². The van der Waals surface area contributed by atoms with E-state index in [0.717, 1.165) is 53.5 Å². The Morgan fingerprint density at radius 1 is 1.12 bits per heavy atom. The van der Waals surface area contributed by atoms with Crippen molar-refractivity contribution in [3.63, 3.8) is 0 Å². The summed E-state index contributed by atoms with van der Waals surface area (Å²) in [5.74, 6) is 2.41. The van der Waals surface area contributed by atoms with E-state index >= 15 is 0 Å². The van der Waals surface area contributed by atoms with Gasteiger partial charge in [-0.25, -0.2) is 0 Å². The molecular formula is C26H29ClN4O2S. The molecule has 2 aliphatic carbocycles. The van der Waals surface area contributed by atoms with Crippen molar-refractivity contribution in [3.05, 3.63) is 59.1 Å². The largest absolute Gasteiger partial charge is 0.497 e. The fourth-order valence-corrected chi connectivity index (χ4v) is 5.79. The minimum atomic E-state index is 0.0120. The maximum Gasteiger partial charge on any atom is 0.230 e. The Labute approximate surface area is 209 Å². The van der Waals surface area contributed by atoms with Gasteiger partial charge in [-0.15, -0.1) is 10.2 Å². The lowest BCUT2D eigenvalue weighted by atomic mass is 10.0. The Morgan fingerprint density at radius 3 is 2.53 bits per heavy atom. The summed E-state index contributed by atoms with van der Waals surface area (Å²) < 4.78 is 7.48. The first-order chi connectivity index (χ1) is 16.6. The second-order valence-corrected chi connectivity index (χ2v) is 10.4. The first-order valence-corrected chi connectivity index (χ1v) is 13.3. The average Bonchev–Trinajstić information content (AvgIpc) is 3.39. The van der Waals surface area contributed by atoms with Crippen LogP contribution in [-0.2, 0) is 4.79 Å². The lowest BCUT2D eigenvalue weighted by Gasteiger charge is -2.20. The normalized spacial score (nSPS) is 17.0. The number of hydrogen-bond acceptors (Lipinski definition) is 5. The van der Waals surface area contributed by atoms with Gasteiger partial charge in [0.25, 0.3) is 0 Å². The van der Waals surface area contributed by atoms with Crippen LogP contribution in [-0.4, -0.2) is 33.5 Å². The van der Waals surface area contributed by atoms with Crippen LogP contribution >= 0.6 is 23.4 Å². The fourth-order valence-electron chi connectivity index (χ4n) is 4.75. The van der Waals surface area contributed by atoms with Gasteiger partial charge < -0.3 is 10.1 Å². The van der Waals surface area contributed by atoms with Crippen molar-refractivity contribution in [3.8, 4) is 17.1 Å². The van der Waals surface area contributed by atoms with Crippen LogP contribution in [0.25, 0.3) is 11.4 Å². The van der Waals surface area contributed by atoms with Gasteiger partial charge in [0.2, 0.25) is 5.91 Å². The molecule has 0 saturated heterocycles. The summed E-state index contributed by atoms with van der Waals surface area (Å²) in [5.41, 5.74) is 2.00. The van der Waals surface area contributed by atoms with Gasteiger partial charge in [0.1, 0.15) is 5.75 Å². The standard InChI is InChI=1S/C26H29ClN4O2S/c1-33-20-14-12-18(13-15-20)24(17-10-11-17)28-23(32)16-34-26-30-29-25(21-8-4-5-9-22(21)27)31(26)19-6-2-3-7-19/h4-5,8-9,12-15,17,19,24H,2-3,6-7,10-11,16H2,1H3,(H,28,32). The molecular weight excluding hydrogens is 468 g/mol. The van der Waals surface area contributed by atoms with E-state index in [-0.39, 0.29) is 11.9 Å². The molecule has 8 heteroatoms. The monoisotopic (exact) mass is 496 g/mol. The number of benzene rings is 2. The van der Waals surface area contributed by atoms with E-state index in [9.17, 15) is 4.79 Å². The van der Waals surface area contributed by atoms with Gasteiger partial charge in [-0.1, -0.05) is 60.5 Å². The van der Waals surface area contributed by atoms with Gasteiger partial charge in [-0.3, -0.25) is 9.36 Å². The molecule has 6 nitrogen and oxygen atoms in total. The van der Waals surface area contributed by atoms with E-state index in [1.54, 1.807) is 7.11 Å². The maximum absolute atomic E-state index is 13.0. The zero-order chi connectivity index (χ0) is 23.5. The van der Waals surface area contributed by atoms with Crippen LogP contribution in [0.15, 0.2) is 53.7 Å². The smallest absolute Gasteiger partial charge is 0.230 e. The number of carbonyl (C=O) groups is 1. The molecule has 178 valence electrons. The maximum atomic E-state index is 13.0. The summed E-state index contributed by atoms with van der Waals surface area (Å²) in [5, 5.41) is 13.7. The third-order valence-electron chi connectivity index (χ3n) is 6.69. The van der Waals surface area contributed by atoms with E-state index in [4.69, 9.17) is 16.3 Å². The molecule has 1 amide bonds. The number of thioether (sulfide) groups is 1. The summed E-state index contributed by atoms with van der Waals surface area (Å²) in [6.45, 7) is 0.